The lowest BCUT2D eigenvalue weighted by Gasteiger charge is -2.33. The lowest BCUT2D eigenvalue weighted by Crippen LogP contribution is -2.51. The number of terminal acetylenes is 1. The summed E-state index contributed by atoms with van der Waals surface area (Å²) < 4.78 is 5.26. The Kier molecular flexibility index (Phi) is 9.11. The first-order valence-electron chi connectivity index (χ1n) is 12.3. The van der Waals surface area contributed by atoms with Gasteiger partial charge < -0.3 is 25.4 Å². The Morgan fingerprint density at radius 1 is 1.03 bits per heavy atom. The number of rotatable bonds is 8. The number of fused-ring (bicyclic) bond motifs is 1. The largest absolute Gasteiger partial charge is 0.444 e. The molecule has 3 rings (SSSR count). The average Bonchev–Trinajstić information content (AvgIpc) is 2.87. The van der Waals surface area contributed by atoms with Crippen molar-refractivity contribution in [2.75, 3.05) is 18.5 Å². The molecule has 0 bridgehead atoms. The topological polar surface area (TPSA) is 108 Å². The Hall–Kier alpha value is -4.35. The van der Waals surface area contributed by atoms with Gasteiger partial charge in [-0.1, -0.05) is 48.4 Å². The molecule has 8 heteroatoms. The van der Waals surface area contributed by atoms with E-state index >= 15 is 0 Å². The molecule has 0 fully saturated rings. The SMILES string of the molecule is C#Cc1ccc(C(C(=O)Nc2ccc3ccccc3c2)N(CCO)C(=O)C(C)NC(=O)OC(C)(C)C)cc1. The third kappa shape index (κ3) is 7.34. The van der Waals surface area contributed by atoms with Gasteiger partial charge in [0.1, 0.15) is 17.7 Å². The van der Waals surface area contributed by atoms with Gasteiger partial charge in [-0.15, -0.1) is 6.42 Å². The van der Waals surface area contributed by atoms with Crippen LogP contribution in [0, 0.1) is 12.3 Å². The summed E-state index contributed by atoms with van der Waals surface area (Å²) in [5.41, 5.74) is 0.907. The molecule has 3 aromatic rings. The number of nitrogens with one attached hydrogen (secondary N) is 2. The fraction of sp³-hybridized carbons (Fsp3) is 0.300. The molecule has 2 atom stereocenters. The molecule has 3 aromatic carbocycles. The van der Waals surface area contributed by atoms with E-state index in [0.717, 1.165) is 10.8 Å². The molecule has 0 spiro atoms. The van der Waals surface area contributed by atoms with E-state index in [4.69, 9.17) is 11.2 Å². The molecule has 0 radical (unpaired) electrons. The zero-order valence-electron chi connectivity index (χ0n) is 22.0. The minimum atomic E-state index is -1.11. The van der Waals surface area contributed by atoms with E-state index < -0.39 is 42.2 Å². The van der Waals surface area contributed by atoms with Crippen LogP contribution in [0.4, 0.5) is 10.5 Å². The average molecular weight is 516 g/mol. The van der Waals surface area contributed by atoms with Gasteiger partial charge in [-0.25, -0.2) is 4.79 Å². The lowest BCUT2D eigenvalue weighted by molar-refractivity contribution is -0.141. The number of ether oxygens (including phenoxy) is 1. The second kappa shape index (κ2) is 12.3. The van der Waals surface area contributed by atoms with Crippen molar-refractivity contribution in [3.8, 4) is 12.3 Å². The molecule has 0 aliphatic rings. The van der Waals surface area contributed by atoms with E-state index in [1.54, 1.807) is 51.1 Å². The summed E-state index contributed by atoms with van der Waals surface area (Å²) in [7, 11) is 0. The minimum absolute atomic E-state index is 0.147. The van der Waals surface area contributed by atoms with Gasteiger partial charge in [0.15, 0.2) is 0 Å². The minimum Gasteiger partial charge on any atom is -0.444 e. The number of hydrogen-bond donors (Lipinski definition) is 3. The van der Waals surface area contributed by atoms with Crippen molar-refractivity contribution >= 4 is 34.4 Å². The molecule has 0 saturated heterocycles. The molecule has 0 aliphatic carbocycles. The van der Waals surface area contributed by atoms with E-state index in [2.05, 4.69) is 16.6 Å². The Morgan fingerprint density at radius 3 is 2.29 bits per heavy atom. The number of amides is 3. The predicted molar refractivity (Wildman–Crippen MR) is 147 cm³/mol. The van der Waals surface area contributed by atoms with E-state index in [-0.39, 0.29) is 6.54 Å². The Balaban J connectivity index is 1.94. The van der Waals surface area contributed by atoms with Crippen LogP contribution in [0.1, 0.15) is 44.9 Å². The van der Waals surface area contributed by atoms with Crippen LogP contribution in [0.25, 0.3) is 10.8 Å². The van der Waals surface area contributed by atoms with Gasteiger partial charge in [0, 0.05) is 17.8 Å². The summed E-state index contributed by atoms with van der Waals surface area (Å²) in [6.07, 6.45) is 4.72. The highest BCUT2D eigenvalue weighted by atomic mass is 16.6. The molecule has 3 amide bonds. The van der Waals surface area contributed by atoms with Crippen molar-refractivity contribution in [1.29, 1.82) is 0 Å². The fourth-order valence-electron chi connectivity index (χ4n) is 3.98. The van der Waals surface area contributed by atoms with Crippen LogP contribution in [0.5, 0.6) is 0 Å². The van der Waals surface area contributed by atoms with Crippen molar-refractivity contribution in [3.63, 3.8) is 0 Å². The summed E-state index contributed by atoms with van der Waals surface area (Å²) in [6, 6.07) is 17.8. The summed E-state index contributed by atoms with van der Waals surface area (Å²) in [5, 5.41) is 17.2. The third-order valence-electron chi connectivity index (χ3n) is 5.70. The maximum Gasteiger partial charge on any atom is 0.408 e. The first-order chi connectivity index (χ1) is 18.0. The maximum absolute atomic E-state index is 13.7. The molecule has 0 aliphatic heterocycles. The zero-order chi connectivity index (χ0) is 27.9. The molecule has 2 unspecified atom stereocenters. The number of alkyl carbamates (subject to hydrolysis) is 1. The molecular formula is C30H33N3O5. The smallest absolute Gasteiger partial charge is 0.408 e. The summed E-state index contributed by atoms with van der Waals surface area (Å²) in [6.45, 7) is 6.09. The van der Waals surface area contributed by atoms with Crippen molar-refractivity contribution < 1.29 is 24.2 Å². The summed E-state index contributed by atoms with van der Waals surface area (Å²) >= 11 is 0. The van der Waals surface area contributed by atoms with E-state index in [9.17, 15) is 19.5 Å². The first-order valence-corrected chi connectivity index (χ1v) is 12.3. The van der Waals surface area contributed by atoms with Crippen molar-refractivity contribution in [2.24, 2.45) is 0 Å². The maximum atomic E-state index is 13.7. The van der Waals surface area contributed by atoms with Gasteiger partial charge in [0.05, 0.1) is 6.61 Å². The number of aliphatic hydroxyl groups excluding tert-OH is 1. The van der Waals surface area contributed by atoms with Crippen LogP contribution in [0.15, 0.2) is 66.7 Å². The molecule has 0 saturated carbocycles. The van der Waals surface area contributed by atoms with Gasteiger partial charge in [0.2, 0.25) is 5.91 Å². The number of nitrogens with zero attached hydrogens (tertiary/aromatic N) is 1. The molecule has 0 aromatic heterocycles. The standard InChI is InChI=1S/C30H33N3O5/c1-6-21-11-13-23(14-12-21)26(27(35)32-25-16-15-22-9-7-8-10-24(22)19-25)33(17-18-34)28(36)20(2)31-29(37)38-30(3,4)5/h1,7-16,19-20,26,34H,17-18H2,2-5H3,(H,31,37)(H,32,35). The Labute approximate surface area is 223 Å². The number of aliphatic hydroxyl groups is 1. The van der Waals surface area contributed by atoms with E-state index in [1.165, 1.54) is 11.8 Å². The molecule has 0 heterocycles. The van der Waals surface area contributed by atoms with Gasteiger partial charge in [-0.05, 0) is 68.3 Å². The van der Waals surface area contributed by atoms with Crippen molar-refractivity contribution in [3.05, 3.63) is 77.9 Å². The number of hydrogen-bond acceptors (Lipinski definition) is 5. The normalized spacial score (nSPS) is 12.6. The number of anilines is 1. The summed E-state index contributed by atoms with van der Waals surface area (Å²) in [5.74, 6) is 1.48. The van der Waals surface area contributed by atoms with Crippen LogP contribution in [0.3, 0.4) is 0 Å². The Morgan fingerprint density at radius 2 is 1.68 bits per heavy atom. The highest BCUT2D eigenvalue weighted by molar-refractivity contribution is 6.00. The van der Waals surface area contributed by atoms with E-state index in [1.807, 2.05) is 36.4 Å². The quantitative estimate of drug-likeness (QED) is 0.389. The first kappa shape index (κ1) is 28.2. The van der Waals surface area contributed by atoms with E-state index in [0.29, 0.717) is 16.8 Å². The zero-order valence-corrected chi connectivity index (χ0v) is 22.0. The lowest BCUT2D eigenvalue weighted by atomic mass is 10.0. The highest BCUT2D eigenvalue weighted by Gasteiger charge is 2.34. The third-order valence-corrected chi connectivity index (χ3v) is 5.70. The van der Waals surface area contributed by atoms with Gasteiger partial charge >= 0.3 is 6.09 Å². The number of carbonyl (C=O) groups excluding carboxylic acids is 3. The molecule has 198 valence electrons. The number of carbonyl (C=O) groups is 3. The van der Waals surface area contributed by atoms with Crippen LogP contribution in [-0.2, 0) is 14.3 Å². The van der Waals surface area contributed by atoms with Gasteiger partial charge in [-0.2, -0.15) is 0 Å². The Bertz CT molecular complexity index is 1340. The molecule has 3 N–H and O–H groups in total. The number of benzene rings is 3. The van der Waals surface area contributed by atoms with Crippen LogP contribution < -0.4 is 10.6 Å². The monoisotopic (exact) mass is 515 g/mol. The van der Waals surface area contributed by atoms with Crippen molar-refractivity contribution in [2.45, 2.75) is 45.4 Å². The fourth-order valence-corrected chi connectivity index (χ4v) is 3.98. The van der Waals surface area contributed by atoms with Crippen LogP contribution in [0.2, 0.25) is 0 Å². The van der Waals surface area contributed by atoms with Crippen LogP contribution in [-0.4, -0.2) is 52.7 Å². The van der Waals surface area contributed by atoms with Gasteiger partial charge in [0.25, 0.3) is 5.91 Å². The molecule has 38 heavy (non-hydrogen) atoms. The predicted octanol–water partition coefficient (Wildman–Crippen LogP) is 4.24. The molecular weight excluding hydrogens is 482 g/mol. The van der Waals surface area contributed by atoms with Gasteiger partial charge in [-0.3, -0.25) is 9.59 Å². The molecule has 8 nitrogen and oxygen atoms in total. The summed E-state index contributed by atoms with van der Waals surface area (Å²) in [4.78, 5) is 40.8. The second-order valence-corrected chi connectivity index (χ2v) is 9.84. The highest BCUT2D eigenvalue weighted by Crippen LogP contribution is 2.26. The van der Waals surface area contributed by atoms with Crippen LogP contribution >= 0.6 is 0 Å². The second-order valence-electron chi connectivity index (χ2n) is 9.84. The van der Waals surface area contributed by atoms with Crippen molar-refractivity contribution in [1.82, 2.24) is 10.2 Å².